The number of aromatic nitrogens is 1. The number of nitrogens with one attached hydrogen (secondary N) is 2. The maximum Gasteiger partial charge on any atom is 0.326 e. The van der Waals surface area contributed by atoms with Gasteiger partial charge in [-0.2, -0.15) is 0 Å². The molecule has 1 heterocycles. The number of aromatic amines is 1. The smallest absolute Gasteiger partial charge is 0.326 e. The molecule has 1 aromatic heterocycles. The van der Waals surface area contributed by atoms with Gasteiger partial charge in [-0.3, -0.25) is 4.79 Å². The van der Waals surface area contributed by atoms with Gasteiger partial charge in [-0.25, -0.2) is 4.79 Å². The maximum absolute atomic E-state index is 11.8. The van der Waals surface area contributed by atoms with Crippen molar-refractivity contribution >= 4 is 22.8 Å². The molecule has 1 amide bonds. The fourth-order valence-electron chi connectivity index (χ4n) is 2.03. The van der Waals surface area contributed by atoms with E-state index >= 15 is 0 Å². The molecule has 1 aromatic carbocycles. The number of carbonyl (C=O) groups excluding carboxylic acids is 1. The number of hydrogen-bond donors (Lipinski definition) is 3. The molecule has 100 valence electrons. The van der Waals surface area contributed by atoms with E-state index in [1.165, 1.54) is 0 Å². The number of aliphatic carboxylic acids is 1. The summed E-state index contributed by atoms with van der Waals surface area (Å²) >= 11 is 0. The molecule has 0 radical (unpaired) electrons. The van der Waals surface area contributed by atoms with Gasteiger partial charge in [0.15, 0.2) is 0 Å². The third kappa shape index (κ3) is 2.93. The normalized spacial score (nSPS) is 12.3. The number of rotatable bonds is 5. The average molecular weight is 260 g/mol. The molecule has 0 bridgehead atoms. The van der Waals surface area contributed by atoms with Gasteiger partial charge in [0.05, 0.1) is 6.42 Å². The first kappa shape index (κ1) is 13.1. The van der Waals surface area contributed by atoms with E-state index in [0.29, 0.717) is 6.42 Å². The van der Waals surface area contributed by atoms with Gasteiger partial charge in [0.1, 0.15) is 6.04 Å². The largest absolute Gasteiger partial charge is 0.480 e. The first-order valence-corrected chi connectivity index (χ1v) is 6.19. The van der Waals surface area contributed by atoms with E-state index in [4.69, 9.17) is 5.11 Å². The molecular weight excluding hydrogens is 244 g/mol. The molecule has 0 unspecified atom stereocenters. The van der Waals surface area contributed by atoms with Crippen molar-refractivity contribution in [2.75, 3.05) is 0 Å². The molecule has 2 rings (SSSR count). The van der Waals surface area contributed by atoms with Crippen LogP contribution in [0.5, 0.6) is 0 Å². The van der Waals surface area contributed by atoms with Crippen molar-refractivity contribution in [2.24, 2.45) is 0 Å². The molecule has 0 saturated carbocycles. The minimum absolute atomic E-state index is 0.174. The van der Waals surface area contributed by atoms with Gasteiger partial charge in [0.25, 0.3) is 0 Å². The minimum Gasteiger partial charge on any atom is -0.480 e. The van der Waals surface area contributed by atoms with E-state index < -0.39 is 12.0 Å². The van der Waals surface area contributed by atoms with Gasteiger partial charge >= 0.3 is 5.97 Å². The number of fused-ring (bicyclic) bond motifs is 1. The number of carbonyl (C=O) groups is 2. The summed E-state index contributed by atoms with van der Waals surface area (Å²) in [5, 5.41) is 12.4. The second-order valence-corrected chi connectivity index (χ2v) is 4.40. The Kier molecular flexibility index (Phi) is 3.85. The van der Waals surface area contributed by atoms with Crippen LogP contribution in [-0.2, 0) is 16.0 Å². The molecule has 19 heavy (non-hydrogen) atoms. The van der Waals surface area contributed by atoms with Crippen LogP contribution < -0.4 is 5.32 Å². The highest BCUT2D eigenvalue weighted by atomic mass is 16.4. The predicted octanol–water partition coefficient (Wildman–Crippen LogP) is 1.69. The molecule has 0 aliphatic carbocycles. The lowest BCUT2D eigenvalue weighted by atomic mass is 10.1. The topological polar surface area (TPSA) is 82.2 Å². The molecule has 0 fully saturated rings. The Hall–Kier alpha value is -2.30. The predicted molar refractivity (Wildman–Crippen MR) is 71.9 cm³/mol. The van der Waals surface area contributed by atoms with Crippen LogP contribution in [0.2, 0.25) is 0 Å². The van der Waals surface area contributed by atoms with Gasteiger partial charge in [-0.15, -0.1) is 0 Å². The summed E-state index contributed by atoms with van der Waals surface area (Å²) < 4.78 is 0. The SMILES string of the molecule is CC[C@@H](NC(=O)Cc1c[nH]c2ccccc12)C(=O)O. The van der Waals surface area contributed by atoms with E-state index in [1.807, 2.05) is 24.3 Å². The molecule has 0 spiro atoms. The quantitative estimate of drug-likeness (QED) is 0.765. The highest BCUT2D eigenvalue weighted by Crippen LogP contribution is 2.17. The third-order valence-electron chi connectivity index (χ3n) is 3.07. The first-order valence-electron chi connectivity index (χ1n) is 6.19. The fourth-order valence-corrected chi connectivity index (χ4v) is 2.03. The molecule has 0 saturated heterocycles. The fraction of sp³-hybridized carbons (Fsp3) is 0.286. The second kappa shape index (κ2) is 5.56. The van der Waals surface area contributed by atoms with Gasteiger partial charge in [-0.1, -0.05) is 25.1 Å². The van der Waals surface area contributed by atoms with E-state index in [-0.39, 0.29) is 12.3 Å². The van der Waals surface area contributed by atoms with Crippen molar-refractivity contribution in [1.82, 2.24) is 10.3 Å². The Balaban J connectivity index is 2.09. The zero-order valence-electron chi connectivity index (χ0n) is 10.6. The number of hydrogen-bond acceptors (Lipinski definition) is 2. The van der Waals surface area contributed by atoms with E-state index in [2.05, 4.69) is 10.3 Å². The monoisotopic (exact) mass is 260 g/mol. The van der Waals surface area contributed by atoms with E-state index in [9.17, 15) is 9.59 Å². The molecule has 2 aromatic rings. The van der Waals surface area contributed by atoms with Crippen LogP contribution in [0.3, 0.4) is 0 Å². The minimum atomic E-state index is -1.00. The summed E-state index contributed by atoms with van der Waals surface area (Å²) in [5.74, 6) is -1.28. The Morgan fingerprint density at radius 2 is 2.11 bits per heavy atom. The molecule has 5 heteroatoms. The van der Waals surface area contributed by atoms with Gasteiger partial charge in [0.2, 0.25) is 5.91 Å². The highest BCUT2D eigenvalue weighted by Gasteiger charge is 2.18. The van der Waals surface area contributed by atoms with Crippen molar-refractivity contribution in [3.05, 3.63) is 36.0 Å². The van der Waals surface area contributed by atoms with Crippen LogP contribution in [0.25, 0.3) is 10.9 Å². The summed E-state index contributed by atoms with van der Waals surface area (Å²) in [4.78, 5) is 25.8. The molecular formula is C14H16N2O3. The highest BCUT2D eigenvalue weighted by molar-refractivity contribution is 5.90. The zero-order chi connectivity index (χ0) is 13.8. The Morgan fingerprint density at radius 3 is 2.79 bits per heavy atom. The summed E-state index contributed by atoms with van der Waals surface area (Å²) in [5.41, 5.74) is 1.84. The van der Waals surface area contributed by atoms with Gasteiger partial charge < -0.3 is 15.4 Å². The number of amides is 1. The van der Waals surface area contributed by atoms with Crippen LogP contribution >= 0.6 is 0 Å². The number of H-pyrrole nitrogens is 1. The molecule has 3 N–H and O–H groups in total. The molecule has 0 aliphatic rings. The Labute approximate surface area is 110 Å². The maximum atomic E-state index is 11.8. The van der Waals surface area contributed by atoms with Crippen LogP contribution in [0.1, 0.15) is 18.9 Å². The Morgan fingerprint density at radius 1 is 1.37 bits per heavy atom. The van der Waals surface area contributed by atoms with Gasteiger partial charge in [0, 0.05) is 17.1 Å². The molecule has 1 atom stereocenters. The van der Waals surface area contributed by atoms with E-state index in [0.717, 1.165) is 16.5 Å². The van der Waals surface area contributed by atoms with Crippen LogP contribution in [0.15, 0.2) is 30.5 Å². The average Bonchev–Trinajstić information content (AvgIpc) is 2.79. The zero-order valence-corrected chi connectivity index (χ0v) is 10.6. The first-order chi connectivity index (χ1) is 9.11. The lowest BCUT2D eigenvalue weighted by molar-refractivity contribution is -0.141. The summed E-state index contributed by atoms with van der Waals surface area (Å²) in [6, 6.07) is 6.87. The van der Waals surface area contributed by atoms with Crippen molar-refractivity contribution in [3.63, 3.8) is 0 Å². The number of para-hydroxylation sites is 1. The standard InChI is InChI=1S/C14H16N2O3/c1-2-11(14(18)19)16-13(17)7-9-8-15-12-6-4-3-5-10(9)12/h3-6,8,11,15H,2,7H2,1H3,(H,16,17)(H,18,19)/t11-/m1/s1. The van der Waals surface area contributed by atoms with Crippen molar-refractivity contribution in [2.45, 2.75) is 25.8 Å². The summed E-state index contributed by atoms with van der Waals surface area (Å²) in [6.45, 7) is 1.73. The van der Waals surface area contributed by atoms with Crippen molar-refractivity contribution in [3.8, 4) is 0 Å². The summed E-state index contributed by atoms with van der Waals surface area (Å²) in [7, 11) is 0. The lowest BCUT2D eigenvalue weighted by Gasteiger charge is -2.11. The third-order valence-corrected chi connectivity index (χ3v) is 3.07. The van der Waals surface area contributed by atoms with Gasteiger partial charge in [-0.05, 0) is 18.1 Å². The molecule has 0 aliphatic heterocycles. The van der Waals surface area contributed by atoms with Crippen LogP contribution in [0.4, 0.5) is 0 Å². The number of benzene rings is 1. The van der Waals surface area contributed by atoms with Crippen molar-refractivity contribution in [1.29, 1.82) is 0 Å². The second-order valence-electron chi connectivity index (χ2n) is 4.40. The van der Waals surface area contributed by atoms with Crippen LogP contribution in [-0.4, -0.2) is 28.0 Å². The number of carboxylic acids is 1. The Bertz CT molecular complexity index is 604. The lowest BCUT2D eigenvalue weighted by Crippen LogP contribution is -2.40. The molecule has 5 nitrogen and oxygen atoms in total. The number of carboxylic acid groups (broad SMARTS) is 1. The van der Waals surface area contributed by atoms with Crippen molar-refractivity contribution < 1.29 is 14.7 Å². The summed E-state index contributed by atoms with van der Waals surface area (Å²) in [6.07, 6.45) is 2.33. The van der Waals surface area contributed by atoms with Crippen LogP contribution in [0, 0.1) is 0 Å². The van der Waals surface area contributed by atoms with E-state index in [1.54, 1.807) is 13.1 Å².